The normalized spacial score (nSPS) is 20.8. The van der Waals surface area contributed by atoms with Crippen LogP contribution in [0.2, 0.25) is 0 Å². The van der Waals surface area contributed by atoms with Crippen molar-refractivity contribution in [2.24, 2.45) is 5.92 Å². The summed E-state index contributed by atoms with van der Waals surface area (Å²) in [6.45, 7) is 2.25. The van der Waals surface area contributed by atoms with Crippen molar-refractivity contribution in [2.45, 2.75) is 43.9 Å². The molecule has 2 saturated heterocycles. The SMILES string of the molecule is O=C(Nc1cccnc1)[C@@H]1C[C@H]2OCC[C@H]2N(Cc2ccccn2)C1.O=C(O)C(F)(F)F.O=C(O)C(F)(F)F. The number of nitrogens with zero attached hydrogens (tertiary/aromatic N) is 3. The van der Waals surface area contributed by atoms with Crippen LogP contribution in [0.3, 0.4) is 0 Å². The molecule has 0 unspecified atom stereocenters. The van der Waals surface area contributed by atoms with Gasteiger partial charge < -0.3 is 20.3 Å². The number of likely N-dealkylation sites (tertiary alicyclic amines) is 1. The van der Waals surface area contributed by atoms with Gasteiger partial charge in [-0.05, 0) is 37.1 Å². The lowest BCUT2D eigenvalue weighted by atomic mass is 9.89. The van der Waals surface area contributed by atoms with Crippen molar-refractivity contribution >= 4 is 23.5 Å². The Labute approximate surface area is 217 Å². The van der Waals surface area contributed by atoms with Crippen LogP contribution in [0.1, 0.15) is 18.5 Å². The Bertz CT molecular complexity index is 1060. The van der Waals surface area contributed by atoms with Gasteiger partial charge >= 0.3 is 24.3 Å². The third-order valence-corrected chi connectivity index (χ3v) is 5.49. The molecule has 2 fully saturated rings. The largest absolute Gasteiger partial charge is 0.490 e. The fraction of sp³-hybridized carbons (Fsp3) is 0.435. The van der Waals surface area contributed by atoms with Crippen molar-refractivity contribution in [1.29, 1.82) is 0 Å². The molecule has 1 amide bonds. The van der Waals surface area contributed by atoms with Gasteiger partial charge in [0.2, 0.25) is 5.91 Å². The van der Waals surface area contributed by atoms with Crippen LogP contribution in [-0.4, -0.2) is 80.6 Å². The van der Waals surface area contributed by atoms with E-state index in [1.54, 1.807) is 12.4 Å². The molecule has 2 aliphatic rings. The van der Waals surface area contributed by atoms with Gasteiger partial charge in [0.05, 0.1) is 29.6 Å². The maximum absolute atomic E-state index is 12.7. The lowest BCUT2D eigenvalue weighted by Crippen LogP contribution is -2.51. The lowest BCUT2D eigenvalue weighted by Gasteiger charge is -2.40. The number of rotatable bonds is 4. The minimum atomic E-state index is -5.08. The first kappa shape index (κ1) is 31.4. The number of amides is 1. The average Bonchev–Trinajstić information content (AvgIpc) is 3.34. The van der Waals surface area contributed by atoms with E-state index in [1.165, 1.54) is 0 Å². The van der Waals surface area contributed by atoms with Gasteiger partial charge in [-0.2, -0.15) is 26.3 Å². The quantitative estimate of drug-likeness (QED) is 0.475. The second-order valence-corrected chi connectivity index (χ2v) is 8.29. The van der Waals surface area contributed by atoms with Gasteiger partial charge in [-0.25, -0.2) is 9.59 Å². The van der Waals surface area contributed by atoms with Crippen molar-refractivity contribution in [1.82, 2.24) is 14.9 Å². The Hall–Kier alpha value is -3.79. The van der Waals surface area contributed by atoms with E-state index in [-0.39, 0.29) is 17.9 Å². The minimum Gasteiger partial charge on any atom is -0.475 e. The Balaban J connectivity index is 0.000000317. The molecule has 2 aromatic rings. The van der Waals surface area contributed by atoms with E-state index < -0.39 is 24.3 Å². The molecular weight excluding hydrogens is 542 g/mol. The molecule has 16 heteroatoms. The topological polar surface area (TPSA) is 142 Å². The van der Waals surface area contributed by atoms with Crippen LogP contribution >= 0.6 is 0 Å². The molecule has 214 valence electrons. The molecule has 39 heavy (non-hydrogen) atoms. The molecule has 10 nitrogen and oxygen atoms in total. The number of hydrogen-bond donors (Lipinski definition) is 3. The first-order chi connectivity index (χ1) is 18.2. The van der Waals surface area contributed by atoms with Crippen LogP contribution in [0.25, 0.3) is 0 Å². The van der Waals surface area contributed by atoms with Gasteiger partial charge in [0, 0.05) is 38.1 Å². The number of hydrogen-bond acceptors (Lipinski definition) is 7. The van der Waals surface area contributed by atoms with Gasteiger partial charge in [0.15, 0.2) is 0 Å². The molecule has 2 aromatic heterocycles. The maximum Gasteiger partial charge on any atom is 0.490 e. The highest BCUT2D eigenvalue weighted by molar-refractivity contribution is 5.92. The number of carbonyl (C=O) groups is 3. The summed E-state index contributed by atoms with van der Waals surface area (Å²) in [5.41, 5.74) is 1.76. The van der Waals surface area contributed by atoms with E-state index in [4.69, 9.17) is 24.5 Å². The molecule has 0 saturated carbocycles. The fourth-order valence-electron chi connectivity index (χ4n) is 3.81. The van der Waals surface area contributed by atoms with Crippen molar-refractivity contribution in [3.8, 4) is 0 Å². The monoisotopic (exact) mass is 566 g/mol. The molecule has 0 aliphatic carbocycles. The number of pyridine rings is 2. The van der Waals surface area contributed by atoms with Crippen molar-refractivity contribution in [3.63, 3.8) is 0 Å². The number of carboxylic acid groups (broad SMARTS) is 2. The van der Waals surface area contributed by atoms with Crippen molar-refractivity contribution in [3.05, 3.63) is 54.6 Å². The molecule has 3 N–H and O–H groups in total. The number of carbonyl (C=O) groups excluding carboxylic acids is 1. The molecule has 0 spiro atoms. The van der Waals surface area contributed by atoms with Crippen molar-refractivity contribution < 1.29 is 55.7 Å². The molecule has 2 aliphatic heterocycles. The zero-order chi connectivity index (χ0) is 29.2. The number of anilines is 1. The van der Waals surface area contributed by atoms with Crippen molar-refractivity contribution in [2.75, 3.05) is 18.5 Å². The van der Waals surface area contributed by atoms with E-state index in [1.807, 2.05) is 36.5 Å². The van der Waals surface area contributed by atoms with Crippen LogP contribution < -0.4 is 5.32 Å². The molecule has 4 heterocycles. The summed E-state index contributed by atoms with van der Waals surface area (Å²) in [4.78, 5) is 41.3. The van der Waals surface area contributed by atoms with Crippen LogP contribution in [0.5, 0.6) is 0 Å². The van der Waals surface area contributed by atoms with Gasteiger partial charge in [-0.15, -0.1) is 0 Å². The summed E-state index contributed by atoms with van der Waals surface area (Å²) < 4.78 is 69.4. The molecule has 0 bridgehead atoms. The first-order valence-corrected chi connectivity index (χ1v) is 11.2. The zero-order valence-electron chi connectivity index (χ0n) is 20.0. The standard InChI is InChI=1S/C19H22N4O2.2C2HF3O2/c24-19(22-15-5-3-7-20-11-15)14-10-18-17(6-9-25-18)23(12-14)13-16-4-1-2-8-21-16;2*3-2(4,5)1(6)7/h1-5,7-8,11,14,17-18H,6,9-10,12-13H2,(H,22,24);2*(H,6,7)/t14-,17-,18-;;/m1../s1. The number of carboxylic acids is 2. The number of alkyl halides is 6. The predicted octanol–water partition coefficient (Wildman–Crippen LogP) is 3.36. The summed E-state index contributed by atoms with van der Waals surface area (Å²) >= 11 is 0. The highest BCUT2D eigenvalue weighted by Gasteiger charge is 2.42. The highest BCUT2D eigenvalue weighted by atomic mass is 19.4. The molecule has 4 rings (SSSR count). The third-order valence-electron chi connectivity index (χ3n) is 5.49. The number of ether oxygens (including phenoxy) is 1. The van der Waals surface area contributed by atoms with E-state index in [2.05, 4.69) is 20.2 Å². The average molecular weight is 566 g/mol. The second-order valence-electron chi connectivity index (χ2n) is 8.29. The number of fused-ring (bicyclic) bond motifs is 1. The molecule has 0 aromatic carbocycles. The summed E-state index contributed by atoms with van der Waals surface area (Å²) in [6.07, 6.45) is -3.07. The Kier molecular flexibility index (Phi) is 11.2. The van der Waals surface area contributed by atoms with E-state index in [0.29, 0.717) is 6.04 Å². The lowest BCUT2D eigenvalue weighted by molar-refractivity contribution is -0.193. The van der Waals surface area contributed by atoms with Gasteiger partial charge in [0.25, 0.3) is 0 Å². The summed E-state index contributed by atoms with van der Waals surface area (Å²) in [7, 11) is 0. The van der Waals surface area contributed by atoms with Crippen LogP contribution in [0, 0.1) is 5.92 Å². The molecule has 0 radical (unpaired) electrons. The van der Waals surface area contributed by atoms with E-state index >= 15 is 0 Å². The van der Waals surface area contributed by atoms with Crippen LogP contribution in [-0.2, 0) is 25.7 Å². The predicted molar refractivity (Wildman–Crippen MR) is 121 cm³/mol. The number of aromatic nitrogens is 2. The zero-order valence-corrected chi connectivity index (χ0v) is 20.0. The summed E-state index contributed by atoms with van der Waals surface area (Å²) in [6, 6.07) is 10.0. The Morgan fingerprint density at radius 2 is 1.64 bits per heavy atom. The highest BCUT2D eigenvalue weighted by Crippen LogP contribution is 2.32. The number of piperidine rings is 1. The Morgan fingerprint density at radius 3 is 2.15 bits per heavy atom. The van der Waals surface area contributed by atoms with Gasteiger partial charge in [-0.1, -0.05) is 6.07 Å². The van der Waals surface area contributed by atoms with E-state index in [0.717, 1.165) is 43.9 Å². The van der Waals surface area contributed by atoms with Gasteiger partial charge in [0.1, 0.15) is 0 Å². The molecule has 3 atom stereocenters. The number of nitrogens with one attached hydrogen (secondary N) is 1. The second kappa shape index (κ2) is 13.8. The summed E-state index contributed by atoms with van der Waals surface area (Å²) in [5, 5.41) is 17.2. The van der Waals surface area contributed by atoms with Crippen LogP contribution in [0.15, 0.2) is 48.9 Å². The van der Waals surface area contributed by atoms with Crippen LogP contribution in [0.4, 0.5) is 32.0 Å². The maximum atomic E-state index is 12.7. The van der Waals surface area contributed by atoms with Gasteiger partial charge in [-0.3, -0.25) is 19.7 Å². The third kappa shape index (κ3) is 10.5. The minimum absolute atomic E-state index is 0.0352. The first-order valence-electron chi connectivity index (χ1n) is 11.2. The molecular formula is C23H24F6N4O6. The Morgan fingerprint density at radius 1 is 1.00 bits per heavy atom. The van der Waals surface area contributed by atoms with E-state index in [9.17, 15) is 31.1 Å². The fourth-order valence-corrected chi connectivity index (χ4v) is 3.81. The summed E-state index contributed by atoms with van der Waals surface area (Å²) in [5.74, 6) is -5.57. The number of halogens is 6. The number of aliphatic carboxylic acids is 2. The smallest absolute Gasteiger partial charge is 0.475 e.